The molecule has 0 aliphatic carbocycles. The molecule has 1 amide bonds. The van der Waals surface area contributed by atoms with Crippen molar-refractivity contribution in [1.82, 2.24) is 14.7 Å². The van der Waals surface area contributed by atoms with Gasteiger partial charge in [0.15, 0.2) is 17.3 Å². The molecular formula is C26H33N3O6. The largest absolute Gasteiger partial charge is 0.466 e. The summed E-state index contributed by atoms with van der Waals surface area (Å²) in [6.45, 7) is 8.98. The number of ether oxygens (including phenoxy) is 3. The van der Waals surface area contributed by atoms with Crippen LogP contribution in [0.1, 0.15) is 41.6 Å². The van der Waals surface area contributed by atoms with Crippen molar-refractivity contribution in [3.8, 4) is 11.5 Å². The molecule has 2 saturated heterocycles. The van der Waals surface area contributed by atoms with Gasteiger partial charge in [0.1, 0.15) is 5.76 Å². The zero-order valence-electron chi connectivity index (χ0n) is 20.2. The van der Waals surface area contributed by atoms with E-state index in [0.717, 1.165) is 50.0 Å². The van der Waals surface area contributed by atoms with Gasteiger partial charge >= 0.3 is 5.97 Å². The van der Waals surface area contributed by atoms with Gasteiger partial charge < -0.3 is 23.5 Å². The fourth-order valence-corrected chi connectivity index (χ4v) is 4.94. The van der Waals surface area contributed by atoms with E-state index in [4.69, 9.17) is 18.6 Å². The molecule has 0 spiro atoms. The van der Waals surface area contributed by atoms with Gasteiger partial charge in [-0.05, 0) is 49.6 Å². The first-order valence-electron chi connectivity index (χ1n) is 12.5. The van der Waals surface area contributed by atoms with Crippen LogP contribution in [0.15, 0.2) is 34.7 Å². The van der Waals surface area contributed by atoms with Crippen LogP contribution >= 0.6 is 0 Å². The summed E-state index contributed by atoms with van der Waals surface area (Å²) in [5, 5.41) is 0. The molecule has 9 nitrogen and oxygen atoms in total. The number of likely N-dealkylation sites (tertiary alicyclic amines) is 1. The third kappa shape index (κ3) is 5.62. The molecule has 1 aromatic carbocycles. The number of hydrogen-bond acceptors (Lipinski definition) is 8. The van der Waals surface area contributed by atoms with Gasteiger partial charge in [-0.2, -0.15) is 0 Å². The third-order valence-corrected chi connectivity index (χ3v) is 6.96. The molecule has 0 unspecified atom stereocenters. The molecule has 0 N–H and O–H groups in total. The van der Waals surface area contributed by atoms with Gasteiger partial charge in [-0.3, -0.25) is 19.4 Å². The van der Waals surface area contributed by atoms with E-state index < -0.39 is 0 Å². The van der Waals surface area contributed by atoms with Gasteiger partial charge in [-0.25, -0.2) is 0 Å². The topological polar surface area (TPSA) is 84.7 Å². The monoisotopic (exact) mass is 483 g/mol. The lowest BCUT2D eigenvalue weighted by molar-refractivity contribution is -0.149. The maximum absolute atomic E-state index is 12.9. The zero-order valence-corrected chi connectivity index (χ0v) is 20.2. The summed E-state index contributed by atoms with van der Waals surface area (Å²) in [6.07, 6.45) is 1.27. The van der Waals surface area contributed by atoms with Crippen molar-refractivity contribution in [2.45, 2.75) is 32.9 Å². The van der Waals surface area contributed by atoms with E-state index in [1.807, 2.05) is 19.1 Å². The van der Waals surface area contributed by atoms with E-state index in [9.17, 15) is 9.59 Å². The predicted octanol–water partition coefficient (Wildman–Crippen LogP) is 2.74. The number of furan rings is 1. The van der Waals surface area contributed by atoms with E-state index in [2.05, 4.69) is 21.9 Å². The molecule has 188 valence electrons. The quantitative estimate of drug-likeness (QED) is 0.556. The van der Waals surface area contributed by atoms with Gasteiger partial charge in [-0.15, -0.1) is 0 Å². The molecule has 0 radical (unpaired) electrons. The van der Waals surface area contributed by atoms with Crippen LogP contribution in [0.25, 0.3) is 0 Å². The van der Waals surface area contributed by atoms with Crippen LogP contribution in [-0.4, -0.2) is 79.2 Å². The van der Waals surface area contributed by atoms with Gasteiger partial charge in [0, 0.05) is 45.8 Å². The molecule has 2 aromatic rings. The lowest BCUT2D eigenvalue weighted by Crippen LogP contribution is -2.45. The molecule has 3 aliphatic heterocycles. The number of esters is 1. The van der Waals surface area contributed by atoms with Crippen molar-refractivity contribution >= 4 is 11.9 Å². The van der Waals surface area contributed by atoms with Crippen molar-refractivity contribution in [3.63, 3.8) is 0 Å². The van der Waals surface area contributed by atoms with E-state index in [-0.39, 0.29) is 17.8 Å². The average molecular weight is 484 g/mol. The molecule has 4 heterocycles. The predicted molar refractivity (Wildman–Crippen MR) is 127 cm³/mol. The summed E-state index contributed by atoms with van der Waals surface area (Å²) >= 11 is 0. The summed E-state index contributed by atoms with van der Waals surface area (Å²) in [7, 11) is 0. The fraction of sp³-hybridized carbons (Fsp3) is 0.538. The SMILES string of the molecule is CCOC(=O)C1CCN(C(=O)c2ccc(CN3CCN(Cc4ccc5c(c4)OCO5)CC3)o2)CC1. The van der Waals surface area contributed by atoms with Crippen LogP contribution in [0, 0.1) is 5.92 Å². The minimum atomic E-state index is -0.157. The number of nitrogens with zero attached hydrogens (tertiary/aromatic N) is 3. The molecule has 9 heteroatoms. The van der Waals surface area contributed by atoms with Crippen LogP contribution in [0.4, 0.5) is 0 Å². The summed E-state index contributed by atoms with van der Waals surface area (Å²) in [5.74, 6) is 2.44. The first-order chi connectivity index (χ1) is 17.1. The Labute approximate surface area is 205 Å². The summed E-state index contributed by atoms with van der Waals surface area (Å²) in [4.78, 5) is 31.4. The second-order valence-electron chi connectivity index (χ2n) is 9.32. The van der Waals surface area contributed by atoms with Crippen molar-refractivity contribution in [3.05, 3.63) is 47.4 Å². The van der Waals surface area contributed by atoms with Crippen molar-refractivity contribution in [2.24, 2.45) is 5.92 Å². The lowest BCUT2D eigenvalue weighted by atomic mass is 9.97. The highest BCUT2D eigenvalue weighted by atomic mass is 16.7. The van der Waals surface area contributed by atoms with Gasteiger partial charge in [0.25, 0.3) is 5.91 Å². The first kappa shape index (κ1) is 23.7. The Kier molecular flexibility index (Phi) is 7.24. The molecule has 0 bridgehead atoms. The van der Waals surface area contributed by atoms with Crippen molar-refractivity contribution in [2.75, 3.05) is 52.7 Å². The average Bonchev–Trinajstić information content (AvgIpc) is 3.54. The molecule has 35 heavy (non-hydrogen) atoms. The Bertz CT molecular complexity index is 1040. The van der Waals surface area contributed by atoms with Gasteiger partial charge in [0.2, 0.25) is 6.79 Å². The second-order valence-corrected chi connectivity index (χ2v) is 9.32. The number of rotatable bonds is 7. The molecule has 3 aliphatic rings. The zero-order chi connectivity index (χ0) is 24.2. The van der Waals surface area contributed by atoms with Crippen molar-refractivity contribution < 1.29 is 28.2 Å². The second kappa shape index (κ2) is 10.7. The van der Waals surface area contributed by atoms with Crippen molar-refractivity contribution in [1.29, 1.82) is 0 Å². The molecule has 2 fully saturated rings. The Balaban J connectivity index is 1.07. The maximum atomic E-state index is 12.9. The van der Waals surface area contributed by atoms with Crippen LogP contribution in [0.3, 0.4) is 0 Å². The smallest absolute Gasteiger partial charge is 0.309 e. The number of carbonyl (C=O) groups is 2. The minimum absolute atomic E-state index is 0.105. The highest BCUT2D eigenvalue weighted by molar-refractivity contribution is 5.91. The van der Waals surface area contributed by atoms with Crippen LogP contribution in [0.2, 0.25) is 0 Å². The summed E-state index contributed by atoms with van der Waals surface area (Å²) < 4.78 is 21.9. The summed E-state index contributed by atoms with van der Waals surface area (Å²) in [5.41, 5.74) is 1.23. The van der Waals surface area contributed by atoms with E-state index >= 15 is 0 Å². The number of benzene rings is 1. The molecule has 5 rings (SSSR count). The van der Waals surface area contributed by atoms with Crippen LogP contribution in [0.5, 0.6) is 11.5 Å². The van der Waals surface area contributed by atoms with Crippen LogP contribution < -0.4 is 9.47 Å². The number of piperidine rings is 1. The Morgan fingerprint density at radius 1 is 0.914 bits per heavy atom. The molecular weight excluding hydrogens is 450 g/mol. The first-order valence-corrected chi connectivity index (χ1v) is 12.5. The lowest BCUT2D eigenvalue weighted by Gasteiger charge is -2.34. The van der Waals surface area contributed by atoms with E-state index in [1.165, 1.54) is 5.56 Å². The standard InChI is InChI=1S/C26H33N3O6/c1-2-32-26(31)20-7-9-29(10-8-20)25(30)23-6-4-21(35-23)17-28-13-11-27(12-14-28)16-19-3-5-22-24(15-19)34-18-33-22/h3-6,15,20H,2,7-14,16-18H2,1H3. The molecule has 1 aromatic heterocycles. The Morgan fingerprint density at radius 2 is 1.63 bits per heavy atom. The Hall–Kier alpha value is -3.04. The van der Waals surface area contributed by atoms with Gasteiger partial charge in [-0.1, -0.05) is 6.07 Å². The van der Waals surface area contributed by atoms with Gasteiger partial charge in [0.05, 0.1) is 19.1 Å². The molecule has 0 saturated carbocycles. The highest BCUT2D eigenvalue weighted by Gasteiger charge is 2.30. The third-order valence-electron chi connectivity index (χ3n) is 6.96. The highest BCUT2D eigenvalue weighted by Crippen LogP contribution is 2.33. The maximum Gasteiger partial charge on any atom is 0.309 e. The van der Waals surface area contributed by atoms with E-state index in [0.29, 0.717) is 51.6 Å². The minimum Gasteiger partial charge on any atom is -0.466 e. The number of hydrogen-bond donors (Lipinski definition) is 0. The fourth-order valence-electron chi connectivity index (χ4n) is 4.94. The molecule has 0 atom stereocenters. The normalized spacial score (nSPS) is 19.2. The van der Waals surface area contributed by atoms with E-state index in [1.54, 1.807) is 11.0 Å². The summed E-state index contributed by atoms with van der Waals surface area (Å²) in [6, 6.07) is 9.81. The number of amides is 1. The Morgan fingerprint density at radius 3 is 2.37 bits per heavy atom. The number of piperazine rings is 1. The number of carbonyl (C=O) groups excluding carboxylic acids is 2. The number of fused-ring (bicyclic) bond motifs is 1. The van der Waals surface area contributed by atoms with Crippen LogP contribution in [-0.2, 0) is 22.6 Å².